The molecule has 0 amide bonds. The first kappa shape index (κ1) is 23.2. The number of benzene rings is 1. The molecule has 0 aliphatic heterocycles. The van der Waals surface area contributed by atoms with Gasteiger partial charge in [0.05, 0.1) is 17.2 Å². The maximum Gasteiger partial charge on any atom is 0.192 e. The average molecular weight is 413 g/mol. The Kier molecular flexibility index (Phi) is 7.54. The van der Waals surface area contributed by atoms with Crippen molar-refractivity contribution < 1.29 is 8.98 Å². The molecular formula is C19H29ClN2O2SSi. The van der Waals surface area contributed by atoms with Crippen LogP contribution in [0.2, 0.25) is 23.2 Å². The molecule has 0 saturated carbocycles. The molecule has 0 spiro atoms. The number of hydrogen-bond donors (Lipinski definition) is 0. The van der Waals surface area contributed by atoms with Crippen LogP contribution in [0.15, 0.2) is 22.6 Å². The monoisotopic (exact) mass is 412 g/mol. The zero-order valence-electron chi connectivity index (χ0n) is 16.9. The number of nitriles is 1. The summed E-state index contributed by atoms with van der Waals surface area (Å²) in [7, 11) is -1.99. The molecule has 0 radical (unpaired) electrons. The van der Waals surface area contributed by atoms with Gasteiger partial charge in [0.25, 0.3) is 0 Å². The Morgan fingerprint density at radius 3 is 2.27 bits per heavy atom. The molecule has 0 aromatic heterocycles. The maximum atomic E-state index is 12.6. The van der Waals surface area contributed by atoms with E-state index in [0.29, 0.717) is 16.3 Å². The lowest BCUT2D eigenvalue weighted by atomic mass is 10.1. The molecule has 0 saturated heterocycles. The lowest BCUT2D eigenvalue weighted by molar-refractivity contribution is 0.340. The van der Waals surface area contributed by atoms with Gasteiger partial charge in [-0.3, -0.25) is 0 Å². The summed E-state index contributed by atoms with van der Waals surface area (Å²) in [5.41, 5.74) is 1.72. The summed E-state index contributed by atoms with van der Waals surface area (Å²) in [6.45, 7) is 16.7. The van der Waals surface area contributed by atoms with Crippen LogP contribution in [0.25, 0.3) is 0 Å². The molecule has 1 aromatic rings. The van der Waals surface area contributed by atoms with Gasteiger partial charge in [-0.05, 0) is 51.0 Å². The Bertz CT molecular complexity index is 716. The van der Waals surface area contributed by atoms with Crippen molar-refractivity contribution in [2.75, 3.05) is 6.61 Å². The van der Waals surface area contributed by atoms with Crippen LogP contribution in [0.5, 0.6) is 0 Å². The van der Waals surface area contributed by atoms with Crippen molar-refractivity contribution in [2.45, 2.75) is 64.4 Å². The van der Waals surface area contributed by atoms with Crippen molar-refractivity contribution >= 4 is 37.0 Å². The van der Waals surface area contributed by atoms with Gasteiger partial charge in [0.15, 0.2) is 8.32 Å². The second-order valence-electron chi connectivity index (χ2n) is 8.75. The molecule has 1 aromatic carbocycles. The Morgan fingerprint density at radius 1 is 1.27 bits per heavy atom. The molecule has 26 heavy (non-hydrogen) atoms. The molecule has 0 fully saturated rings. The molecule has 0 bridgehead atoms. The van der Waals surface area contributed by atoms with Gasteiger partial charge in [0.2, 0.25) is 0 Å². The minimum Gasteiger partial charge on any atom is -0.591 e. The largest absolute Gasteiger partial charge is 0.591 e. The fourth-order valence-corrected chi connectivity index (χ4v) is 3.44. The maximum absolute atomic E-state index is 12.6. The Morgan fingerprint density at radius 2 is 1.85 bits per heavy atom. The van der Waals surface area contributed by atoms with Crippen LogP contribution in [0.1, 0.15) is 52.7 Å². The number of hydrogen-bond acceptors (Lipinski definition) is 4. The first-order valence-electron chi connectivity index (χ1n) is 8.52. The minimum atomic E-state index is -1.99. The van der Waals surface area contributed by atoms with E-state index in [1.54, 1.807) is 18.2 Å². The van der Waals surface area contributed by atoms with Crippen molar-refractivity contribution in [2.24, 2.45) is 4.40 Å². The van der Waals surface area contributed by atoms with Crippen LogP contribution in [0, 0.1) is 11.3 Å². The molecule has 0 aliphatic carbocycles. The third-order valence-electron chi connectivity index (χ3n) is 4.52. The fraction of sp³-hybridized carbons (Fsp3) is 0.579. The third kappa shape index (κ3) is 6.10. The summed E-state index contributed by atoms with van der Waals surface area (Å²) in [5.74, 6) is 0. The van der Waals surface area contributed by atoms with Gasteiger partial charge in [-0.2, -0.15) is 5.26 Å². The fourth-order valence-electron chi connectivity index (χ4n) is 1.65. The molecule has 1 rings (SSSR count). The van der Waals surface area contributed by atoms with Crippen molar-refractivity contribution in [3.63, 3.8) is 0 Å². The van der Waals surface area contributed by atoms with E-state index < -0.39 is 24.4 Å². The van der Waals surface area contributed by atoms with Gasteiger partial charge in [0.1, 0.15) is 27.9 Å². The molecule has 1 atom stereocenters. The molecule has 0 aliphatic rings. The Balaban J connectivity index is 3.26. The van der Waals surface area contributed by atoms with E-state index in [4.69, 9.17) is 21.3 Å². The zero-order valence-corrected chi connectivity index (χ0v) is 19.5. The van der Waals surface area contributed by atoms with Crippen LogP contribution >= 0.6 is 11.6 Å². The van der Waals surface area contributed by atoms with E-state index in [1.807, 2.05) is 26.8 Å². The number of rotatable bonds is 5. The summed E-state index contributed by atoms with van der Waals surface area (Å²) < 4.78 is 22.8. The van der Waals surface area contributed by atoms with Crippen LogP contribution < -0.4 is 0 Å². The molecule has 4 nitrogen and oxygen atoms in total. The predicted octanol–water partition coefficient (Wildman–Crippen LogP) is 5.48. The molecule has 0 heterocycles. The van der Waals surface area contributed by atoms with E-state index in [9.17, 15) is 4.55 Å². The van der Waals surface area contributed by atoms with E-state index in [1.165, 1.54) is 0 Å². The Hall–Kier alpha value is -0.843. The average Bonchev–Trinajstić information content (AvgIpc) is 2.48. The first-order valence-corrected chi connectivity index (χ1v) is 12.9. The predicted molar refractivity (Wildman–Crippen MR) is 114 cm³/mol. The standard InChI is InChI=1S/C19H29ClN2O2SSi/c1-18(2,3)25(23)22-17(13-24-26(7,8)19(4,5)6)14-9-10-15(12-21)16(20)11-14/h9-11H,13H2,1-8H3. The van der Waals surface area contributed by atoms with Gasteiger partial charge >= 0.3 is 0 Å². The number of nitrogens with zero attached hydrogens (tertiary/aromatic N) is 2. The van der Waals surface area contributed by atoms with Crippen molar-refractivity contribution in [1.29, 1.82) is 5.26 Å². The summed E-state index contributed by atoms with van der Waals surface area (Å²) >= 11 is 4.76. The van der Waals surface area contributed by atoms with Crippen LogP contribution in [-0.4, -0.2) is 29.9 Å². The van der Waals surface area contributed by atoms with Gasteiger partial charge in [-0.1, -0.05) is 42.8 Å². The quantitative estimate of drug-likeness (QED) is 0.365. The lowest BCUT2D eigenvalue weighted by Crippen LogP contribution is -2.42. The summed E-state index contributed by atoms with van der Waals surface area (Å²) in [5, 5.41) is 9.48. The minimum absolute atomic E-state index is 0.0591. The highest BCUT2D eigenvalue weighted by Gasteiger charge is 2.38. The lowest BCUT2D eigenvalue weighted by Gasteiger charge is -2.36. The van der Waals surface area contributed by atoms with Crippen LogP contribution in [0.3, 0.4) is 0 Å². The van der Waals surface area contributed by atoms with E-state index in [2.05, 4.69) is 38.3 Å². The molecule has 1 unspecified atom stereocenters. The van der Waals surface area contributed by atoms with E-state index >= 15 is 0 Å². The van der Waals surface area contributed by atoms with Crippen molar-refractivity contribution in [3.05, 3.63) is 34.3 Å². The topological polar surface area (TPSA) is 68.4 Å². The van der Waals surface area contributed by atoms with Crippen LogP contribution in [0.4, 0.5) is 0 Å². The molecule has 0 N–H and O–H groups in total. The normalized spacial score (nSPS) is 14.9. The summed E-state index contributed by atoms with van der Waals surface area (Å²) in [6, 6.07) is 7.16. The highest BCUT2D eigenvalue weighted by atomic mass is 35.5. The van der Waals surface area contributed by atoms with E-state index in [-0.39, 0.29) is 11.6 Å². The zero-order chi connectivity index (χ0) is 20.3. The highest BCUT2D eigenvalue weighted by Crippen LogP contribution is 2.36. The Labute approximate surface area is 167 Å². The van der Waals surface area contributed by atoms with Gasteiger partial charge in [-0.15, -0.1) is 0 Å². The van der Waals surface area contributed by atoms with E-state index in [0.717, 1.165) is 5.56 Å². The van der Waals surface area contributed by atoms with Gasteiger partial charge in [-0.25, -0.2) is 0 Å². The van der Waals surface area contributed by atoms with Crippen molar-refractivity contribution in [3.8, 4) is 6.07 Å². The molecule has 7 heteroatoms. The summed E-state index contributed by atoms with van der Waals surface area (Å²) in [6.07, 6.45) is 0. The SMILES string of the molecule is CC(C)(C)[S+]([O-])N=C(CO[Si](C)(C)C(C)(C)C)c1ccc(C#N)c(Cl)c1. The van der Waals surface area contributed by atoms with Gasteiger partial charge < -0.3 is 8.98 Å². The van der Waals surface area contributed by atoms with Crippen molar-refractivity contribution in [1.82, 2.24) is 0 Å². The number of halogens is 1. The van der Waals surface area contributed by atoms with Crippen LogP contribution in [-0.2, 0) is 15.8 Å². The molecule has 144 valence electrons. The second kappa shape index (κ2) is 8.45. The highest BCUT2D eigenvalue weighted by molar-refractivity contribution is 7.91. The second-order valence-corrected chi connectivity index (χ2v) is 15.9. The first-order chi connectivity index (χ1) is 11.7. The summed E-state index contributed by atoms with van der Waals surface area (Å²) in [4.78, 5) is 0. The third-order valence-corrected chi connectivity index (χ3v) is 10.7. The molecular weight excluding hydrogens is 384 g/mol. The van der Waals surface area contributed by atoms with Gasteiger partial charge in [0, 0.05) is 5.56 Å². The smallest absolute Gasteiger partial charge is 0.192 e.